The van der Waals surface area contributed by atoms with E-state index in [1.807, 2.05) is 13.8 Å². The lowest BCUT2D eigenvalue weighted by atomic mass is 9.98. The predicted octanol–water partition coefficient (Wildman–Crippen LogP) is 3.66. The molecule has 0 radical (unpaired) electrons. The van der Waals surface area contributed by atoms with E-state index in [9.17, 15) is 5.11 Å². The Hall–Kier alpha value is -0.440. The number of nitrogens with two attached hydrogens (primary N) is 1. The minimum absolute atomic E-state index is 0.397. The zero-order valence-corrected chi connectivity index (χ0v) is 10.3. The highest BCUT2D eigenvalue weighted by atomic mass is 35.5. The van der Waals surface area contributed by atoms with Crippen LogP contribution in [0.5, 0.6) is 0 Å². The van der Waals surface area contributed by atoms with Gasteiger partial charge in [-0.25, -0.2) is 0 Å². The maximum absolute atomic E-state index is 9.91. The second-order valence-corrected chi connectivity index (χ2v) is 4.85. The van der Waals surface area contributed by atoms with Crippen molar-refractivity contribution in [1.29, 1.82) is 0 Å². The fourth-order valence-electron chi connectivity index (χ4n) is 1.44. The number of aliphatic hydroxyl groups is 1. The van der Waals surface area contributed by atoms with E-state index in [4.69, 9.17) is 28.9 Å². The molecule has 2 nitrogen and oxygen atoms in total. The lowest BCUT2D eigenvalue weighted by Gasteiger charge is -2.16. The second kappa shape index (κ2) is 5.06. The van der Waals surface area contributed by atoms with Crippen LogP contribution in [0.2, 0.25) is 10.0 Å². The van der Waals surface area contributed by atoms with Crippen LogP contribution in [-0.4, -0.2) is 5.11 Å². The van der Waals surface area contributed by atoms with Crippen LogP contribution in [-0.2, 0) is 0 Å². The van der Waals surface area contributed by atoms with Crippen molar-refractivity contribution in [2.75, 3.05) is 5.73 Å². The molecule has 0 amide bonds. The molecule has 15 heavy (non-hydrogen) atoms. The Kier molecular flexibility index (Phi) is 4.26. The molecule has 0 saturated carbocycles. The Labute approximate surface area is 100.0 Å². The zero-order valence-electron chi connectivity index (χ0n) is 8.80. The van der Waals surface area contributed by atoms with Crippen LogP contribution in [0.25, 0.3) is 0 Å². The van der Waals surface area contributed by atoms with Crippen LogP contribution >= 0.6 is 23.2 Å². The van der Waals surface area contributed by atoms with Crippen LogP contribution < -0.4 is 5.73 Å². The van der Waals surface area contributed by atoms with Gasteiger partial charge in [-0.15, -0.1) is 0 Å². The minimum Gasteiger partial charge on any atom is -0.398 e. The van der Waals surface area contributed by atoms with Gasteiger partial charge in [0.1, 0.15) is 0 Å². The number of nitrogen functional groups attached to an aromatic ring is 1. The van der Waals surface area contributed by atoms with Gasteiger partial charge in [-0.2, -0.15) is 0 Å². The molecule has 0 fully saturated rings. The SMILES string of the molecule is CC(C)CC(O)c1cc(Cl)c(Cl)cc1N. The quantitative estimate of drug-likeness (QED) is 0.802. The Morgan fingerprint density at radius 2 is 1.80 bits per heavy atom. The maximum atomic E-state index is 9.91. The van der Waals surface area contributed by atoms with Crippen LogP contribution in [0.4, 0.5) is 5.69 Å². The van der Waals surface area contributed by atoms with Crippen molar-refractivity contribution in [1.82, 2.24) is 0 Å². The molecule has 1 unspecified atom stereocenters. The first-order valence-corrected chi connectivity index (χ1v) is 5.60. The summed E-state index contributed by atoms with van der Waals surface area (Å²) >= 11 is 11.7. The molecule has 4 heteroatoms. The first-order valence-electron chi connectivity index (χ1n) is 4.84. The van der Waals surface area contributed by atoms with Crippen molar-refractivity contribution in [2.24, 2.45) is 5.92 Å². The van der Waals surface area contributed by atoms with Crippen molar-refractivity contribution in [3.8, 4) is 0 Å². The van der Waals surface area contributed by atoms with E-state index < -0.39 is 6.10 Å². The standard InChI is InChI=1S/C11H15Cl2NO/c1-6(2)3-11(15)7-4-8(12)9(13)5-10(7)14/h4-6,11,15H,3,14H2,1-2H3. The van der Waals surface area contributed by atoms with Gasteiger partial charge in [0, 0.05) is 11.3 Å². The molecular formula is C11H15Cl2NO. The molecule has 0 spiro atoms. The van der Waals surface area contributed by atoms with Crippen molar-refractivity contribution < 1.29 is 5.11 Å². The molecule has 3 N–H and O–H groups in total. The molecule has 0 aromatic heterocycles. The summed E-state index contributed by atoms with van der Waals surface area (Å²) < 4.78 is 0. The number of anilines is 1. The van der Waals surface area contributed by atoms with Crippen LogP contribution in [0.15, 0.2) is 12.1 Å². The molecule has 0 aliphatic carbocycles. The third kappa shape index (κ3) is 3.26. The topological polar surface area (TPSA) is 46.2 Å². The Morgan fingerprint density at radius 1 is 1.27 bits per heavy atom. The van der Waals surface area contributed by atoms with Gasteiger partial charge in [0.25, 0.3) is 0 Å². The van der Waals surface area contributed by atoms with Gasteiger partial charge in [-0.3, -0.25) is 0 Å². The number of hydrogen-bond acceptors (Lipinski definition) is 2. The third-order valence-corrected chi connectivity index (χ3v) is 2.90. The van der Waals surface area contributed by atoms with E-state index in [2.05, 4.69) is 0 Å². The van der Waals surface area contributed by atoms with Crippen LogP contribution in [0, 0.1) is 5.92 Å². The second-order valence-electron chi connectivity index (χ2n) is 4.04. The summed E-state index contributed by atoms with van der Waals surface area (Å²) in [5.74, 6) is 0.397. The summed E-state index contributed by atoms with van der Waals surface area (Å²) in [4.78, 5) is 0. The van der Waals surface area contributed by atoms with E-state index in [0.29, 0.717) is 33.6 Å². The predicted molar refractivity (Wildman–Crippen MR) is 65.3 cm³/mol. The van der Waals surface area contributed by atoms with E-state index in [1.165, 1.54) is 0 Å². The number of rotatable bonds is 3. The van der Waals surface area contributed by atoms with Crippen molar-refractivity contribution in [2.45, 2.75) is 26.4 Å². The van der Waals surface area contributed by atoms with Gasteiger partial charge in [0.2, 0.25) is 0 Å². The highest BCUT2D eigenvalue weighted by Gasteiger charge is 2.14. The van der Waals surface area contributed by atoms with Crippen molar-refractivity contribution in [3.63, 3.8) is 0 Å². The summed E-state index contributed by atoms with van der Waals surface area (Å²) in [7, 11) is 0. The van der Waals surface area contributed by atoms with Gasteiger partial charge >= 0.3 is 0 Å². The highest BCUT2D eigenvalue weighted by Crippen LogP contribution is 2.33. The number of halogens is 2. The average molecular weight is 248 g/mol. The van der Waals surface area contributed by atoms with Gasteiger partial charge in [-0.05, 0) is 24.5 Å². The molecule has 1 aromatic carbocycles. The lowest BCUT2D eigenvalue weighted by Crippen LogP contribution is -2.05. The summed E-state index contributed by atoms with van der Waals surface area (Å²) in [6, 6.07) is 3.20. The van der Waals surface area contributed by atoms with E-state index >= 15 is 0 Å². The molecule has 0 saturated heterocycles. The van der Waals surface area contributed by atoms with Gasteiger partial charge in [0.15, 0.2) is 0 Å². The minimum atomic E-state index is -0.584. The van der Waals surface area contributed by atoms with Crippen LogP contribution in [0.3, 0.4) is 0 Å². The largest absolute Gasteiger partial charge is 0.398 e. The smallest absolute Gasteiger partial charge is 0.0812 e. The van der Waals surface area contributed by atoms with E-state index in [0.717, 1.165) is 0 Å². The summed E-state index contributed by atoms with van der Waals surface area (Å²) in [6.45, 7) is 4.08. The van der Waals surface area contributed by atoms with Crippen molar-refractivity contribution >= 4 is 28.9 Å². The molecule has 84 valence electrons. The monoisotopic (exact) mass is 247 g/mol. The fraction of sp³-hybridized carbons (Fsp3) is 0.455. The molecule has 1 rings (SSSR count). The zero-order chi connectivity index (χ0) is 11.6. The number of benzene rings is 1. The van der Waals surface area contributed by atoms with E-state index in [1.54, 1.807) is 12.1 Å². The first-order chi connectivity index (χ1) is 6.91. The van der Waals surface area contributed by atoms with E-state index in [-0.39, 0.29) is 0 Å². The molecule has 0 bridgehead atoms. The fourth-order valence-corrected chi connectivity index (χ4v) is 1.78. The number of hydrogen-bond donors (Lipinski definition) is 2. The summed E-state index contributed by atoms with van der Waals surface area (Å²) in [5.41, 5.74) is 6.90. The molecular weight excluding hydrogens is 233 g/mol. The normalized spacial score (nSPS) is 13.2. The average Bonchev–Trinajstić information content (AvgIpc) is 2.09. The first kappa shape index (κ1) is 12.6. The van der Waals surface area contributed by atoms with Gasteiger partial charge in [-0.1, -0.05) is 37.0 Å². The molecule has 0 aliphatic rings. The Balaban J connectivity index is 2.98. The summed E-state index contributed by atoms with van der Waals surface area (Å²) in [6.07, 6.45) is 0.0714. The van der Waals surface area contributed by atoms with Crippen LogP contribution in [0.1, 0.15) is 31.9 Å². The molecule has 0 heterocycles. The summed E-state index contributed by atoms with van der Waals surface area (Å²) in [5, 5.41) is 10.7. The van der Waals surface area contributed by atoms with Gasteiger partial charge < -0.3 is 10.8 Å². The van der Waals surface area contributed by atoms with Crippen molar-refractivity contribution in [3.05, 3.63) is 27.7 Å². The third-order valence-electron chi connectivity index (χ3n) is 2.18. The molecule has 0 aliphatic heterocycles. The Bertz CT molecular complexity index is 353. The number of aliphatic hydroxyl groups excluding tert-OH is 1. The lowest BCUT2D eigenvalue weighted by molar-refractivity contribution is 0.152. The Morgan fingerprint density at radius 3 is 2.33 bits per heavy atom. The molecule has 1 aromatic rings. The maximum Gasteiger partial charge on any atom is 0.0812 e. The highest BCUT2D eigenvalue weighted by molar-refractivity contribution is 6.42. The van der Waals surface area contributed by atoms with Gasteiger partial charge in [0.05, 0.1) is 16.1 Å². The molecule has 1 atom stereocenters.